The monoisotopic (exact) mass is 269 g/mol. The summed E-state index contributed by atoms with van der Waals surface area (Å²) in [4.78, 5) is 6.77. The summed E-state index contributed by atoms with van der Waals surface area (Å²) in [7, 11) is 1.72. The van der Waals surface area contributed by atoms with Gasteiger partial charge in [-0.25, -0.2) is 0 Å². The Hall–Kier alpha value is -1.07. The fourth-order valence-electron chi connectivity index (χ4n) is 2.12. The molecular weight excluding hydrogens is 242 g/mol. The quantitative estimate of drug-likeness (QED) is 0.707. The Bertz CT molecular complexity index is 337. The molecule has 110 valence electrons. The Kier molecular flexibility index (Phi) is 7.52. The van der Waals surface area contributed by atoms with Crippen molar-refractivity contribution in [1.82, 2.24) is 10.3 Å². The van der Waals surface area contributed by atoms with E-state index in [0.717, 1.165) is 38.2 Å². The molecule has 0 saturated heterocycles. The number of nitrogens with one attached hydrogen (secondary N) is 1. The van der Waals surface area contributed by atoms with E-state index in [4.69, 9.17) is 9.15 Å². The van der Waals surface area contributed by atoms with Crippen LogP contribution in [0.3, 0.4) is 0 Å². The van der Waals surface area contributed by atoms with Crippen LogP contribution < -0.4 is 10.2 Å². The molecule has 0 aliphatic carbocycles. The summed E-state index contributed by atoms with van der Waals surface area (Å²) in [6.45, 7) is 9.64. The minimum atomic E-state index is 0.445. The zero-order chi connectivity index (χ0) is 14.1. The van der Waals surface area contributed by atoms with Gasteiger partial charge in [-0.1, -0.05) is 20.8 Å². The lowest BCUT2D eigenvalue weighted by Gasteiger charge is -2.28. The molecule has 1 heterocycles. The van der Waals surface area contributed by atoms with E-state index in [9.17, 15) is 0 Å². The van der Waals surface area contributed by atoms with Gasteiger partial charge in [-0.2, -0.15) is 4.98 Å². The number of hydrogen-bond donors (Lipinski definition) is 1. The maximum Gasteiger partial charge on any atom is 0.297 e. The smallest absolute Gasteiger partial charge is 0.297 e. The summed E-state index contributed by atoms with van der Waals surface area (Å²) in [5.41, 5.74) is 0.949. The topological polar surface area (TPSA) is 50.5 Å². The summed E-state index contributed by atoms with van der Waals surface area (Å²) in [6.07, 6.45) is 3.89. The Balaban J connectivity index is 2.74. The molecule has 0 bridgehead atoms. The molecule has 5 nitrogen and oxygen atoms in total. The average molecular weight is 269 g/mol. The molecule has 0 amide bonds. The van der Waals surface area contributed by atoms with E-state index in [-0.39, 0.29) is 0 Å². The first-order valence-electron chi connectivity index (χ1n) is 7.17. The van der Waals surface area contributed by atoms with E-state index in [1.807, 2.05) is 0 Å². The minimum Gasteiger partial charge on any atom is -0.432 e. The van der Waals surface area contributed by atoms with E-state index in [2.05, 4.69) is 36.0 Å². The predicted molar refractivity (Wildman–Crippen MR) is 77.5 cm³/mol. The Morgan fingerprint density at radius 3 is 2.68 bits per heavy atom. The van der Waals surface area contributed by atoms with Gasteiger partial charge in [0.15, 0.2) is 0 Å². The Morgan fingerprint density at radius 2 is 2.11 bits per heavy atom. The zero-order valence-corrected chi connectivity index (χ0v) is 12.6. The number of ether oxygens (including phenoxy) is 1. The van der Waals surface area contributed by atoms with Crippen molar-refractivity contribution in [2.45, 2.75) is 46.2 Å². The molecule has 0 aliphatic heterocycles. The molecule has 1 rings (SSSR count). The molecule has 0 atom stereocenters. The summed E-state index contributed by atoms with van der Waals surface area (Å²) >= 11 is 0. The third kappa shape index (κ3) is 4.84. The van der Waals surface area contributed by atoms with Gasteiger partial charge in [-0.3, -0.25) is 0 Å². The summed E-state index contributed by atoms with van der Waals surface area (Å²) in [6, 6.07) is 1.15. The molecule has 0 aromatic carbocycles. The average Bonchev–Trinajstić information content (AvgIpc) is 2.89. The van der Waals surface area contributed by atoms with Crippen molar-refractivity contribution in [2.75, 3.05) is 31.7 Å². The number of hydrogen-bond acceptors (Lipinski definition) is 5. The first-order valence-corrected chi connectivity index (χ1v) is 7.17. The molecule has 5 heteroatoms. The van der Waals surface area contributed by atoms with Crippen molar-refractivity contribution >= 4 is 6.01 Å². The van der Waals surface area contributed by atoms with Crippen molar-refractivity contribution in [1.29, 1.82) is 0 Å². The van der Waals surface area contributed by atoms with Crippen LogP contribution in [0, 0.1) is 0 Å². The van der Waals surface area contributed by atoms with Crippen molar-refractivity contribution in [2.24, 2.45) is 0 Å². The maximum atomic E-state index is 5.62. The molecule has 19 heavy (non-hydrogen) atoms. The number of oxazole rings is 1. The van der Waals surface area contributed by atoms with Crippen molar-refractivity contribution in [3.8, 4) is 0 Å². The third-order valence-electron chi connectivity index (χ3n) is 3.26. The van der Waals surface area contributed by atoms with E-state index in [0.29, 0.717) is 18.7 Å². The van der Waals surface area contributed by atoms with Crippen LogP contribution in [0.15, 0.2) is 10.7 Å². The minimum absolute atomic E-state index is 0.445. The number of rotatable bonds is 10. The normalized spacial score (nSPS) is 11.2. The van der Waals surface area contributed by atoms with Crippen molar-refractivity contribution < 1.29 is 9.15 Å². The van der Waals surface area contributed by atoms with Crippen LogP contribution in [0.2, 0.25) is 0 Å². The fraction of sp³-hybridized carbons (Fsp3) is 0.786. The lowest BCUT2D eigenvalue weighted by atomic mass is 10.1. The van der Waals surface area contributed by atoms with Crippen molar-refractivity contribution in [3.05, 3.63) is 12.0 Å². The van der Waals surface area contributed by atoms with Gasteiger partial charge in [0.1, 0.15) is 6.26 Å². The van der Waals surface area contributed by atoms with Gasteiger partial charge in [0, 0.05) is 26.2 Å². The molecule has 0 aliphatic rings. The van der Waals surface area contributed by atoms with Crippen LogP contribution >= 0.6 is 0 Å². The van der Waals surface area contributed by atoms with Crippen LogP contribution in [-0.4, -0.2) is 37.8 Å². The van der Waals surface area contributed by atoms with Gasteiger partial charge in [0.05, 0.1) is 12.3 Å². The summed E-state index contributed by atoms with van der Waals surface area (Å²) in [5.74, 6) is 0. The Morgan fingerprint density at radius 1 is 1.37 bits per heavy atom. The molecule has 0 unspecified atom stereocenters. The third-order valence-corrected chi connectivity index (χ3v) is 3.26. The van der Waals surface area contributed by atoms with E-state index >= 15 is 0 Å². The SMILES string of the molecule is CCNCc1coc(N(CCOC)C(CC)CC)n1. The summed E-state index contributed by atoms with van der Waals surface area (Å²) < 4.78 is 10.8. The van der Waals surface area contributed by atoms with Gasteiger partial charge in [0.2, 0.25) is 0 Å². The van der Waals surface area contributed by atoms with Gasteiger partial charge in [-0.05, 0) is 19.4 Å². The largest absolute Gasteiger partial charge is 0.432 e. The number of aromatic nitrogens is 1. The van der Waals surface area contributed by atoms with Crippen LogP contribution in [-0.2, 0) is 11.3 Å². The Labute approximate surface area is 116 Å². The van der Waals surface area contributed by atoms with E-state index < -0.39 is 0 Å². The molecule has 1 N–H and O–H groups in total. The molecule has 0 fully saturated rings. The highest BCUT2D eigenvalue weighted by Crippen LogP contribution is 2.19. The van der Waals surface area contributed by atoms with Gasteiger partial charge in [0.25, 0.3) is 6.01 Å². The first kappa shape index (κ1) is 16.0. The second-order valence-corrected chi connectivity index (χ2v) is 4.56. The van der Waals surface area contributed by atoms with E-state index in [1.165, 1.54) is 0 Å². The molecule has 1 aromatic heterocycles. The highest BCUT2D eigenvalue weighted by Gasteiger charge is 2.20. The second kappa shape index (κ2) is 8.93. The molecule has 0 radical (unpaired) electrons. The summed E-state index contributed by atoms with van der Waals surface area (Å²) in [5, 5.41) is 3.25. The lowest BCUT2D eigenvalue weighted by molar-refractivity contribution is 0.201. The van der Waals surface area contributed by atoms with Crippen LogP contribution in [0.1, 0.15) is 39.3 Å². The predicted octanol–water partition coefficient (Wildman–Crippen LogP) is 2.43. The van der Waals surface area contributed by atoms with Gasteiger partial charge in [-0.15, -0.1) is 0 Å². The molecule has 0 spiro atoms. The zero-order valence-electron chi connectivity index (χ0n) is 12.6. The van der Waals surface area contributed by atoms with E-state index in [1.54, 1.807) is 13.4 Å². The van der Waals surface area contributed by atoms with Crippen LogP contribution in [0.25, 0.3) is 0 Å². The number of methoxy groups -OCH3 is 1. The fourth-order valence-corrected chi connectivity index (χ4v) is 2.12. The molecule has 0 saturated carbocycles. The lowest BCUT2D eigenvalue weighted by Crippen LogP contribution is -2.37. The second-order valence-electron chi connectivity index (χ2n) is 4.56. The number of nitrogens with zero attached hydrogens (tertiary/aromatic N) is 2. The standard InChI is InChI=1S/C14H27N3O2/c1-5-13(6-2)17(8-9-18-4)14-16-12(11-19-14)10-15-7-3/h11,13,15H,5-10H2,1-4H3. The number of anilines is 1. The van der Waals surface area contributed by atoms with Crippen molar-refractivity contribution in [3.63, 3.8) is 0 Å². The van der Waals surface area contributed by atoms with Gasteiger partial charge >= 0.3 is 0 Å². The first-order chi connectivity index (χ1) is 9.26. The van der Waals surface area contributed by atoms with Crippen LogP contribution in [0.5, 0.6) is 0 Å². The highest BCUT2D eigenvalue weighted by atomic mass is 16.5. The van der Waals surface area contributed by atoms with Crippen LogP contribution in [0.4, 0.5) is 6.01 Å². The highest BCUT2D eigenvalue weighted by molar-refractivity contribution is 5.29. The maximum absolute atomic E-state index is 5.62. The molecular formula is C14H27N3O2. The molecule has 1 aromatic rings. The van der Waals surface area contributed by atoms with Gasteiger partial charge < -0.3 is 19.4 Å².